The van der Waals surface area contributed by atoms with Crippen molar-refractivity contribution in [3.63, 3.8) is 0 Å². The van der Waals surface area contributed by atoms with Crippen molar-refractivity contribution in [3.8, 4) is 5.69 Å². The van der Waals surface area contributed by atoms with Gasteiger partial charge in [0.05, 0.1) is 11.1 Å². The summed E-state index contributed by atoms with van der Waals surface area (Å²) in [6.07, 6.45) is 4.75. The van der Waals surface area contributed by atoms with Crippen molar-refractivity contribution < 1.29 is 4.79 Å². The number of amides is 1. The predicted molar refractivity (Wildman–Crippen MR) is 110 cm³/mol. The maximum absolute atomic E-state index is 11.9. The zero-order valence-corrected chi connectivity index (χ0v) is 16.5. The van der Waals surface area contributed by atoms with Crippen molar-refractivity contribution in [2.75, 3.05) is 31.7 Å². The molecule has 0 aliphatic rings. The SMILES string of the molecule is CN(C)CC=CC(=O)Nc1ccc(-n2nc(I)c3c(N)ncnc32)cc1. The molecule has 9 heteroatoms. The standard InChI is InChI=1S/C17H18IN7O/c1-24(2)9-3-4-13(26)22-11-5-7-12(8-6-11)25-17-14(15(18)23-25)16(19)20-10-21-17/h3-8,10H,9H2,1-2H3,(H,22,26)(H2,19,20,21). The van der Waals surface area contributed by atoms with Gasteiger partial charge < -0.3 is 16.0 Å². The summed E-state index contributed by atoms with van der Waals surface area (Å²) in [5, 5.41) is 8.04. The molecule has 3 N–H and O–H groups in total. The number of anilines is 2. The third kappa shape index (κ3) is 3.99. The van der Waals surface area contributed by atoms with Gasteiger partial charge >= 0.3 is 0 Å². The van der Waals surface area contributed by atoms with Crippen molar-refractivity contribution in [3.05, 3.63) is 46.4 Å². The Morgan fingerprint density at radius 3 is 2.73 bits per heavy atom. The molecular formula is C17H18IN7O. The number of nitrogens with one attached hydrogen (secondary N) is 1. The second-order valence-corrected chi connectivity index (χ2v) is 6.88. The van der Waals surface area contributed by atoms with Gasteiger partial charge in [0, 0.05) is 18.3 Å². The van der Waals surface area contributed by atoms with E-state index < -0.39 is 0 Å². The van der Waals surface area contributed by atoms with Crippen LogP contribution in [0, 0.1) is 3.70 Å². The Morgan fingerprint density at radius 1 is 1.31 bits per heavy atom. The van der Waals surface area contributed by atoms with Gasteiger partial charge in [-0.15, -0.1) is 0 Å². The normalized spacial score (nSPS) is 11.5. The number of rotatable bonds is 5. The Bertz CT molecular complexity index is 963. The maximum Gasteiger partial charge on any atom is 0.248 e. The molecule has 0 aliphatic carbocycles. The number of fused-ring (bicyclic) bond motifs is 1. The quantitative estimate of drug-likeness (QED) is 0.444. The summed E-state index contributed by atoms with van der Waals surface area (Å²) in [5.41, 5.74) is 8.08. The van der Waals surface area contributed by atoms with Crippen molar-refractivity contribution >= 4 is 51.0 Å². The van der Waals surface area contributed by atoms with Crippen LogP contribution in [0.3, 0.4) is 0 Å². The van der Waals surface area contributed by atoms with Crippen molar-refractivity contribution in [1.82, 2.24) is 24.6 Å². The molecule has 0 spiro atoms. The Kier molecular flexibility index (Phi) is 5.47. The van der Waals surface area contributed by atoms with Crippen LogP contribution in [0.4, 0.5) is 11.5 Å². The molecule has 3 rings (SSSR count). The second-order valence-electron chi connectivity index (χ2n) is 5.86. The van der Waals surface area contributed by atoms with E-state index in [-0.39, 0.29) is 5.91 Å². The number of carbonyl (C=O) groups is 1. The van der Waals surface area contributed by atoms with Crippen molar-refractivity contribution in [2.24, 2.45) is 0 Å². The van der Waals surface area contributed by atoms with Gasteiger partial charge in [-0.05, 0) is 61.0 Å². The third-order valence-electron chi connectivity index (χ3n) is 3.57. The lowest BCUT2D eigenvalue weighted by molar-refractivity contribution is -0.111. The molecule has 2 aromatic heterocycles. The first-order valence-corrected chi connectivity index (χ1v) is 8.91. The van der Waals surface area contributed by atoms with Gasteiger partial charge in [-0.3, -0.25) is 4.79 Å². The molecule has 0 unspecified atom stereocenters. The zero-order valence-electron chi connectivity index (χ0n) is 14.3. The average Bonchev–Trinajstić information content (AvgIpc) is 2.93. The summed E-state index contributed by atoms with van der Waals surface area (Å²) in [7, 11) is 3.89. The second kappa shape index (κ2) is 7.79. The predicted octanol–water partition coefficient (Wildman–Crippen LogP) is 2.06. The van der Waals surface area contributed by atoms with E-state index in [1.54, 1.807) is 4.68 Å². The van der Waals surface area contributed by atoms with Crippen LogP contribution in [0.2, 0.25) is 0 Å². The molecule has 0 atom stereocenters. The minimum Gasteiger partial charge on any atom is -0.383 e. The molecule has 0 saturated carbocycles. The first kappa shape index (κ1) is 18.3. The van der Waals surface area contributed by atoms with Gasteiger partial charge in [-0.1, -0.05) is 6.08 Å². The number of hydrogen-bond donors (Lipinski definition) is 2. The molecule has 2 heterocycles. The highest BCUT2D eigenvalue weighted by molar-refractivity contribution is 14.1. The van der Waals surface area contributed by atoms with E-state index in [9.17, 15) is 4.79 Å². The van der Waals surface area contributed by atoms with Crippen LogP contribution in [-0.2, 0) is 4.79 Å². The largest absolute Gasteiger partial charge is 0.383 e. The molecule has 0 bridgehead atoms. The number of nitrogens with two attached hydrogens (primary N) is 1. The Labute approximate surface area is 164 Å². The highest BCUT2D eigenvalue weighted by Gasteiger charge is 2.14. The number of nitrogen functional groups attached to an aromatic ring is 1. The number of aromatic nitrogens is 4. The molecule has 1 aromatic carbocycles. The van der Waals surface area contributed by atoms with Crippen LogP contribution in [0.25, 0.3) is 16.7 Å². The van der Waals surface area contributed by atoms with Gasteiger partial charge in [-0.25, -0.2) is 14.6 Å². The van der Waals surface area contributed by atoms with Crippen molar-refractivity contribution in [1.29, 1.82) is 0 Å². The maximum atomic E-state index is 11.9. The summed E-state index contributed by atoms with van der Waals surface area (Å²) in [5.74, 6) is 0.234. The number of hydrogen-bond acceptors (Lipinski definition) is 6. The monoisotopic (exact) mass is 463 g/mol. The molecule has 8 nitrogen and oxygen atoms in total. The Balaban J connectivity index is 1.79. The van der Waals surface area contributed by atoms with Crippen LogP contribution >= 0.6 is 22.6 Å². The smallest absolute Gasteiger partial charge is 0.248 e. The first-order valence-electron chi connectivity index (χ1n) is 7.83. The first-order chi connectivity index (χ1) is 12.5. The summed E-state index contributed by atoms with van der Waals surface area (Å²) in [4.78, 5) is 22.2. The van der Waals surface area contributed by atoms with Crippen LogP contribution in [0.1, 0.15) is 0 Å². The molecule has 1 amide bonds. The van der Waals surface area contributed by atoms with Gasteiger partial charge in [0.2, 0.25) is 5.91 Å². The van der Waals surface area contributed by atoms with Gasteiger partial charge in [0.25, 0.3) is 0 Å². The van der Waals surface area contributed by atoms with E-state index in [1.165, 1.54) is 12.4 Å². The van der Waals surface area contributed by atoms with Crippen LogP contribution in [0.15, 0.2) is 42.7 Å². The van der Waals surface area contributed by atoms with Gasteiger partial charge in [-0.2, -0.15) is 5.10 Å². The molecule has 134 valence electrons. The summed E-state index contributed by atoms with van der Waals surface area (Å²) in [6.45, 7) is 0.711. The summed E-state index contributed by atoms with van der Waals surface area (Å²) >= 11 is 2.11. The minimum atomic E-state index is -0.167. The molecule has 3 aromatic rings. The van der Waals surface area contributed by atoms with E-state index in [0.29, 0.717) is 23.7 Å². The zero-order chi connectivity index (χ0) is 18.7. The van der Waals surface area contributed by atoms with E-state index in [1.807, 2.05) is 49.3 Å². The van der Waals surface area contributed by atoms with E-state index in [0.717, 1.165) is 14.8 Å². The highest BCUT2D eigenvalue weighted by Crippen LogP contribution is 2.25. The minimum absolute atomic E-state index is 0.167. The topological polar surface area (TPSA) is 102 Å². The van der Waals surface area contributed by atoms with Crippen molar-refractivity contribution in [2.45, 2.75) is 0 Å². The van der Waals surface area contributed by atoms with Crippen LogP contribution in [-0.4, -0.2) is 51.2 Å². The molecular weight excluding hydrogens is 445 g/mol. The average molecular weight is 463 g/mol. The fourth-order valence-corrected chi connectivity index (χ4v) is 3.09. The summed E-state index contributed by atoms with van der Waals surface area (Å²) < 4.78 is 2.44. The third-order valence-corrected chi connectivity index (χ3v) is 4.33. The summed E-state index contributed by atoms with van der Waals surface area (Å²) in [6, 6.07) is 7.36. The lowest BCUT2D eigenvalue weighted by Gasteiger charge is -2.06. The van der Waals surface area contributed by atoms with Crippen LogP contribution < -0.4 is 11.1 Å². The van der Waals surface area contributed by atoms with Gasteiger partial charge in [0.1, 0.15) is 15.8 Å². The Morgan fingerprint density at radius 2 is 2.04 bits per heavy atom. The van der Waals surface area contributed by atoms with Crippen LogP contribution in [0.5, 0.6) is 0 Å². The molecule has 0 radical (unpaired) electrons. The molecule has 0 aliphatic heterocycles. The lowest BCUT2D eigenvalue weighted by atomic mass is 10.2. The van der Waals surface area contributed by atoms with E-state index >= 15 is 0 Å². The fourth-order valence-electron chi connectivity index (χ4n) is 2.35. The lowest BCUT2D eigenvalue weighted by Crippen LogP contribution is -2.12. The molecule has 26 heavy (non-hydrogen) atoms. The number of benzene rings is 1. The number of likely N-dealkylation sites (N-methyl/N-ethyl adjacent to an activating group) is 1. The number of halogens is 1. The van der Waals surface area contributed by atoms with Gasteiger partial charge in [0.15, 0.2) is 5.65 Å². The number of nitrogens with zero attached hydrogens (tertiary/aromatic N) is 5. The number of carbonyl (C=O) groups excluding carboxylic acids is 1. The fraction of sp³-hybridized carbons (Fsp3) is 0.176. The highest BCUT2D eigenvalue weighted by atomic mass is 127. The van der Waals surface area contributed by atoms with E-state index in [2.05, 4.69) is 43.0 Å². The van der Waals surface area contributed by atoms with E-state index in [4.69, 9.17) is 5.73 Å². The molecule has 0 saturated heterocycles. The Hall–Kier alpha value is -2.53. The molecule has 0 fully saturated rings.